The van der Waals surface area contributed by atoms with Gasteiger partial charge in [-0.3, -0.25) is 14.3 Å². The van der Waals surface area contributed by atoms with Crippen LogP contribution in [0.2, 0.25) is 0 Å². The van der Waals surface area contributed by atoms with Crippen molar-refractivity contribution in [3.63, 3.8) is 0 Å². The van der Waals surface area contributed by atoms with Gasteiger partial charge in [-0.2, -0.15) is 10.4 Å². The number of anilines is 1. The maximum atomic E-state index is 12.0. The fraction of sp³-hybridized carbons (Fsp3) is 0.625. The maximum Gasteiger partial charge on any atom is 0.254 e. The molecular formula is C16H21N5O2. The third-order valence-electron chi connectivity index (χ3n) is 4.85. The molecule has 7 nitrogen and oxygen atoms in total. The summed E-state index contributed by atoms with van der Waals surface area (Å²) >= 11 is 0. The second-order valence-electron chi connectivity index (χ2n) is 6.58. The van der Waals surface area contributed by atoms with Crippen molar-refractivity contribution in [2.24, 2.45) is 11.7 Å². The predicted molar refractivity (Wildman–Crippen MR) is 83.4 cm³/mol. The number of aromatic nitrogens is 2. The van der Waals surface area contributed by atoms with Crippen LogP contribution in [-0.2, 0) is 10.3 Å². The Kier molecular flexibility index (Phi) is 4.07. The van der Waals surface area contributed by atoms with Crippen LogP contribution in [0.3, 0.4) is 0 Å². The molecule has 0 spiro atoms. The molecule has 2 aliphatic carbocycles. The van der Waals surface area contributed by atoms with Crippen LogP contribution in [0.15, 0.2) is 6.20 Å². The van der Waals surface area contributed by atoms with Crippen LogP contribution < -0.4 is 11.1 Å². The molecule has 0 saturated heterocycles. The Morgan fingerprint density at radius 3 is 2.65 bits per heavy atom. The van der Waals surface area contributed by atoms with Gasteiger partial charge in [0.15, 0.2) is 5.82 Å². The highest BCUT2D eigenvalue weighted by molar-refractivity contribution is 6.02. The third kappa shape index (κ3) is 3.07. The molecule has 0 atom stereocenters. The lowest BCUT2D eigenvalue weighted by atomic mass is 9.80. The molecule has 1 aromatic rings. The minimum atomic E-state index is -0.620. The SMILES string of the molecule is N#CCC1(n2cc(C(N)=O)c(NC(=O)C3CC3)n2)CCCCC1. The van der Waals surface area contributed by atoms with Gasteiger partial charge in [-0.1, -0.05) is 19.3 Å². The molecule has 7 heteroatoms. The number of nitrogens with zero attached hydrogens (tertiary/aromatic N) is 3. The second kappa shape index (κ2) is 6.03. The van der Waals surface area contributed by atoms with E-state index in [1.54, 1.807) is 10.9 Å². The van der Waals surface area contributed by atoms with Crippen LogP contribution in [0, 0.1) is 17.2 Å². The minimum Gasteiger partial charge on any atom is -0.365 e. The largest absolute Gasteiger partial charge is 0.365 e. The first-order valence-electron chi connectivity index (χ1n) is 8.13. The number of nitrogens with one attached hydrogen (secondary N) is 1. The van der Waals surface area contributed by atoms with Gasteiger partial charge in [-0.15, -0.1) is 0 Å². The second-order valence-corrected chi connectivity index (χ2v) is 6.58. The molecule has 1 heterocycles. The monoisotopic (exact) mass is 315 g/mol. The van der Waals surface area contributed by atoms with Gasteiger partial charge >= 0.3 is 0 Å². The fourth-order valence-electron chi connectivity index (χ4n) is 3.30. The first-order valence-corrected chi connectivity index (χ1v) is 8.13. The smallest absolute Gasteiger partial charge is 0.254 e. The summed E-state index contributed by atoms with van der Waals surface area (Å²) in [6.45, 7) is 0. The molecule has 2 amide bonds. The van der Waals surface area contributed by atoms with E-state index in [2.05, 4.69) is 16.5 Å². The van der Waals surface area contributed by atoms with Gasteiger partial charge in [0.2, 0.25) is 5.91 Å². The number of rotatable bonds is 5. The fourth-order valence-corrected chi connectivity index (χ4v) is 3.30. The van der Waals surface area contributed by atoms with Crippen molar-refractivity contribution in [3.8, 4) is 6.07 Å². The lowest BCUT2D eigenvalue weighted by Gasteiger charge is -2.35. The summed E-state index contributed by atoms with van der Waals surface area (Å²) in [5, 5.41) is 16.4. The lowest BCUT2D eigenvalue weighted by molar-refractivity contribution is -0.117. The van der Waals surface area contributed by atoms with Crippen molar-refractivity contribution in [1.29, 1.82) is 5.26 Å². The Hall–Kier alpha value is -2.36. The summed E-state index contributed by atoms with van der Waals surface area (Å²) in [6.07, 6.45) is 8.55. The topological polar surface area (TPSA) is 114 Å². The van der Waals surface area contributed by atoms with Crippen LogP contribution in [0.4, 0.5) is 5.82 Å². The van der Waals surface area contributed by atoms with E-state index in [0.717, 1.165) is 44.9 Å². The quantitative estimate of drug-likeness (QED) is 0.863. The highest BCUT2D eigenvalue weighted by Crippen LogP contribution is 2.38. The van der Waals surface area contributed by atoms with E-state index in [4.69, 9.17) is 5.73 Å². The van der Waals surface area contributed by atoms with Crippen molar-refractivity contribution in [2.75, 3.05) is 5.32 Å². The van der Waals surface area contributed by atoms with E-state index < -0.39 is 11.4 Å². The molecule has 2 aliphatic rings. The van der Waals surface area contributed by atoms with E-state index in [0.29, 0.717) is 6.42 Å². The molecule has 0 unspecified atom stereocenters. The zero-order valence-corrected chi connectivity index (χ0v) is 13.0. The lowest BCUT2D eigenvalue weighted by Crippen LogP contribution is -2.36. The molecule has 3 rings (SSSR count). The van der Waals surface area contributed by atoms with Gasteiger partial charge < -0.3 is 11.1 Å². The summed E-state index contributed by atoms with van der Waals surface area (Å²) in [4.78, 5) is 23.7. The number of amides is 2. The Morgan fingerprint density at radius 2 is 2.09 bits per heavy atom. The molecule has 0 radical (unpaired) electrons. The van der Waals surface area contributed by atoms with Crippen LogP contribution in [0.5, 0.6) is 0 Å². The first-order chi connectivity index (χ1) is 11.1. The van der Waals surface area contributed by atoms with Crippen molar-refractivity contribution in [2.45, 2.75) is 56.9 Å². The number of carbonyl (C=O) groups is 2. The zero-order valence-electron chi connectivity index (χ0n) is 13.0. The summed E-state index contributed by atoms with van der Waals surface area (Å²) in [5.74, 6) is -0.498. The highest BCUT2D eigenvalue weighted by atomic mass is 16.2. The maximum absolute atomic E-state index is 12.0. The molecule has 23 heavy (non-hydrogen) atoms. The average Bonchev–Trinajstić information content (AvgIpc) is 3.29. The normalized spacial score (nSPS) is 19.8. The molecular weight excluding hydrogens is 294 g/mol. The van der Waals surface area contributed by atoms with Gasteiger partial charge in [-0.25, -0.2) is 0 Å². The minimum absolute atomic E-state index is 0.0172. The van der Waals surface area contributed by atoms with Gasteiger partial charge in [0.1, 0.15) is 5.56 Å². The molecule has 2 fully saturated rings. The highest BCUT2D eigenvalue weighted by Gasteiger charge is 2.37. The zero-order chi connectivity index (χ0) is 16.4. The van der Waals surface area contributed by atoms with E-state index in [1.807, 2.05) is 0 Å². The van der Waals surface area contributed by atoms with Crippen molar-refractivity contribution in [3.05, 3.63) is 11.8 Å². The van der Waals surface area contributed by atoms with Crippen molar-refractivity contribution in [1.82, 2.24) is 9.78 Å². The van der Waals surface area contributed by atoms with Gasteiger partial charge in [0.25, 0.3) is 5.91 Å². The summed E-state index contributed by atoms with van der Waals surface area (Å²) in [7, 11) is 0. The number of carbonyl (C=O) groups excluding carboxylic acids is 2. The van der Waals surface area contributed by atoms with Crippen LogP contribution in [0.25, 0.3) is 0 Å². The molecule has 2 saturated carbocycles. The van der Waals surface area contributed by atoms with E-state index >= 15 is 0 Å². The summed E-state index contributed by atoms with van der Waals surface area (Å²) in [6, 6.07) is 2.24. The average molecular weight is 315 g/mol. The number of nitriles is 1. The Morgan fingerprint density at radius 1 is 1.39 bits per heavy atom. The van der Waals surface area contributed by atoms with E-state index in [9.17, 15) is 14.9 Å². The summed E-state index contributed by atoms with van der Waals surface area (Å²) < 4.78 is 1.69. The molecule has 0 bridgehead atoms. The Bertz CT molecular complexity index is 663. The van der Waals surface area contributed by atoms with E-state index in [-0.39, 0.29) is 23.2 Å². The number of primary amides is 1. The van der Waals surface area contributed by atoms with Gasteiger partial charge in [-0.05, 0) is 25.7 Å². The van der Waals surface area contributed by atoms with Crippen molar-refractivity contribution >= 4 is 17.6 Å². The van der Waals surface area contributed by atoms with Gasteiger partial charge in [0.05, 0.1) is 18.0 Å². The summed E-state index contributed by atoms with van der Waals surface area (Å²) in [5.41, 5.74) is 5.24. The van der Waals surface area contributed by atoms with Crippen molar-refractivity contribution < 1.29 is 9.59 Å². The third-order valence-corrected chi connectivity index (χ3v) is 4.85. The molecule has 122 valence electrons. The molecule has 1 aromatic heterocycles. The Balaban J connectivity index is 1.93. The Labute approximate surface area is 134 Å². The standard InChI is InChI=1S/C16H21N5O2/c17-9-8-16(6-2-1-3-7-16)21-10-12(13(18)22)14(20-21)19-15(23)11-4-5-11/h10-11H,1-8H2,(H2,18,22)(H,19,20,23). The van der Waals surface area contributed by atoms with Gasteiger partial charge in [0, 0.05) is 12.1 Å². The van der Waals surface area contributed by atoms with Crippen LogP contribution in [0.1, 0.15) is 61.7 Å². The number of hydrogen-bond donors (Lipinski definition) is 2. The molecule has 3 N–H and O–H groups in total. The van der Waals surface area contributed by atoms with Crippen LogP contribution in [-0.4, -0.2) is 21.6 Å². The number of nitrogens with two attached hydrogens (primary N) is 1. The number of hydrogen-bond acceptors (Lipinski definition) is 4. The molecule has 0 aromatic carbocycles. The predicted octanol–water partition coefficient (Wildman–Crippen LogP) is 1.90. The van der Waals surface area contributed by atoms with E-state index in [1.165, 1.54) is 0 Å². The molecule has 0 aliphatic heterocycles. The van der Waals surface area contributed by atoms with Crippen LogP contribution >= 0.6 is 0 Å². The first kappa shape index (κ1) is 15.5.